The third-order valence-corrected chi connectivity index (χ3v) is 6.93. The number of fused-ring (bicyclic) bond motifs is 1. The fourth-order valence-corrected chi connectivity index (χ4v) is 4.40. The standard InChI is InChI=1S/C25H33BN2O8/c1-23(2,3)34-20(30)13-33-18-11-14(26-35-24(4,5)25(6,7)36-26)10-15-16(18)12-28(22(15)32)17-8-9-19(29)27-21(17)31/h10-11,17H,8-9,12-13H2,1-7H3,(H,27,29,31). The number of esters is 1. The van der Waals surface area contributed by atoms with Crippen LogP contribution in [0.5, 0.6) is 5.75 Å². The average Bonchev–Trinajstić information content (AvgIpc) is 3.17. The highest BCUT2D eigenvalue weighted by molar-refractivity contribution is 6.62. The number of nitrogens with zero attached hydrogens (tertiary/aromatic N) is 1. The third-order valence-electron chi connectivity index (χ3n) is 6.93. The van der Waals surface area contributed by atoms with Crippen molar-refractivity contribution in [2.45, 2.75) is 90.7 Å². The largest absolute Gasteiger partial charge is 0.494 e. The zero-order valence-corrected chi connectivity index (χ0v) is 21.9. The van der Waals surface area contributed by atoms with Crippen LogP contribution in [0.25, 0.3) is 0 Å². The Morgan fingerprint density at radius 2 is 1.78 bits per heavy atom. The van der Waals surface area contributed by atoms with E-state index in [0.29, 0.717) is 22.3 Å². The molecule has 36 heavy (non-hydrogen) atoms. The predicted octanol–water partition coefficient (Wildman–Crippen LogP) is 1.47. The van der Waals surface area contributed by atoms with E-state index in [0.717, 1.165) is 0 Å². The van der Waals surface area contributed by atoms with Gasteiger partial charge >= 0.3 is 13.1 Å². The van der Waals surface area contributed by atoms with Gasteiger partial charge < -0.3 is 23.7 Å². The molecule has 11 heteroatoms. The molecule has 3 aliphatic rings. The maximum Gasteiger partial charge on any atom is 0.494 e. The molecule has 1 aromatic rings. The van der Waals surface area contributed by atoms with Gasteiger partial charge in [-0.3, -0.25) is 19.7 Å². The summed E-state index contributed by atoms with van der Waals surface area (Å²) in [6.07, 6.45) is 0.389. The highest BCUT2D eigenvalue weighted by Gasteiger charge is 2.52. The van der Waals surface area contributed by atoms with Gasteiger partial charge in [0.05, 0.1) is 17.7 Å². The molecule has 2 saturated heterocycles. The Morgan fingerprint density at radius 3 is 2.36 bits per heavy atom. The van der Waals surface area contributed by atoms with Crippen LogP contribution < -0.4 is 15.5 Å². The lowest BCUT2D eigenvalue weighted by Crippen LogP contribution is -2.52. The quantitative estimate of drug-likeness (QED) is 0.367. The van der Waals surface area contributed by atoms with E-state index in [4.69, 9.17) is 18.8 Å². The molecule has 0 bridgehead atoms. The topological polar surface area (TPSA) is 120 Å². The van der Waals surface area contributed by atoms with Crippen molar-refractivity contribution in [1.82, 2.24) is 10.2 Å². The number of benzene rings is 1. The van der Waals surface area contributed by atoms with Crippen molar-refractivity contribution in [3.63, 3.8) is 0 Å². The first-order valence-corrected chi connectivity index (χ1v) is 12.1. The van der Waals surface area contributed by atoms with Crippen molar-refractivity contribution >= 4 is 36.3 Å². The second kappa shape index (κ2) is 8.88. The Kier molecular flexibility index (Phi) is 6.45. The minimum atomic E-state index is -0.776. The van der Waals surface area contributed by atoms with Crippen LogP contribution in [0.4, 0.5) is 0 Å². The Labute approximate surface area is 211 Å². The fraction of sp³-hybridized carbons (Fsp3) is 0.600. The number of ether oxygens (including phenoxy) is 2. The number of imide groups is 1. The lowest BCUT2D eigenvalue weighted by Gasteiger charge is -2.32. The molecule has 194 valence electrons. The SMILES string of the molecule is CC(C)(C)OC(=O)COc1cc(B2OC(C)(C)C(C)(C)O2)cc2c1CN(C1CCC(=O)NC1=O)C2=O. The van der Waals surface area contributed by atoms with Crippen LogP contribution in [0.2, 0.25) is 0 Å². The molecule has 0 aliphatic carbocycles. The summed E-state index contributed by atoms with van der Waals surface area (Å²) in [5.41, 5.74) is -0.427. The Balaban J connectivity index is 1.66. The van der Waals surface area contributed by atoms with Crippen LogP contribution in [0, 0.1) is 0 Å². The number of piperidine rings is 1. The van der Waals surface area contributed by atoms with Crippen molar-refractivity contribution in [2.24, 2.45) is 0 Å². The molecule has 0 spiro atoms. The van der Waals surface area contributed by atoms with Gasteiger partial charge in [-0.05, 0) is 72.5 Å². The van der Waals surface area contributed by atoms with E-state index in [1.165, 1.54) is 4.90 Å². The molecule has 2 fully saturated rings. The fourth-order valence-electron chi connectivity index (χ4n) is 4.40. The van der Waals surface area contributed by atoms with E-state index in [1.807, 2.05) is 27.7 Å². The van der Waals surface area contributed by atoms with Gasteiger partial charge in [-0.25, -0.2) is 4.79 Å². The Morgan fingerprint density at radius 1 is 1.14 bits per heavy atom. The summed E-state index contributed by atoms with van der Waals surface area (Å²) in [6.45, 7) is 12.7. The van der Waals surface area contributed by atoms with Crippen LogP contribution >= 0.6 is 0 Å². The summed E-state index contributed by atoms with van der Waals surface area (Å²) < 4.78 is 23.6. The van der Waals surface area contributed by atoms with Gasteiger partial charge in [-0.1, -0.05) is 0 Å². The van der Waals surface area contributed by atoms with Crippen LogP contribution in [-0.2, 0) is 35.0 Å². The summed E-state index contributed by atoms with van der Waals surface area (Å²) in [4.78, 5) is 51.3. The smallest absolute Gasteiger partial charge is 0.482 e. The number of nitrogens with one attached hydrogen (secondary N) is 1. The zero-order chi connectivity index (χ0) is 26.6. The minimum Gasteiger partial charge on any atom is -0.482 e. The average molecular weight is 500 g/mol. The third kappa shape index (κ3) is 4.99. The van der Waals surface area contributed by atoms with Gasteiger partial charge in [0.25, 0.3) is 5.91 Å². The number of hydrogen-bond donors (Lipinski definition) is 1. The van der Waals surface area contributed by atoms with Crippen LogP contribution in [0.1, 0.15) is 77.2 Å². The summed E-state index contributed by atoms with van der Waals surface area (Å²) >= 11 is 0. The van der Waals surface area contributed by atoms with E-state index in [-0.39, 0.29) is 37.8 Å². The van der Waals surface area contributed by atoms with Crippen LogP contribution in [0.15, 0.2) is 12.1 Å². The van der Waals surface area contributed by atoms with Gasteiger partial charge in [0.15, 0.2) is 6.61 Å². The molecule has 3 aliphatic heterocycles. The first-order chi connectivity index (χ1) is 16.6. The first-order valence-electron chi connectivity index (χ1n) is 12.1. The van der Waals surface area contributed by atoms with Gasteiger partial charge in [0.2, 0.25) is 11.8 Å². The lowest BCUT2D eigenvalue weighted by molar-refractivity contribution is -0.157. The lowest BCUT2D eigenvalue weighted by atomic mass is 9.77. The van der Waals surface area contributed by atoms with Crippen molar-refractivity contribution in [1.29, 1.82) is 0 Å². The Hall–Kier alpha value is -2.92. The summed E-state index contributed by atoms with van der Waals surface area (Å²) in [7, 11) is -0.762. The highest BCUT2D eigenvalue weighted by Crippen LogP contribution is 2.38. The normalized spacial score (nSPS) is 23.0. The second-order valence-electron chi connectivity index (χ2n) is 11.4. The van der Waals surface area contributed by atoms with Crippen LogP contribution in [-0.4, -0.2) is 65.2 Å². The maximum absolute atomic E-state index is 13.5. The van der Waals surface area contributed by atoms with E-state index in [1.54, 1.807) is 32.9 Å². The van der Waals surface area contributed by atoms with Gasteiger partial charge in [-0.2, -0.15) is 0 Å². The maximum atomic E-state index is 13.5. The molecule has 1 N–H and O–H groups in total. The molecule has 3 amide bonds. The molecule has 3 heterocycles. The molecular weight excluding hydrogens is 467 g/mol. The molecule has 10 nitrogen and oxygen atoms in total. The molecule has 0 saturated carbocycles. The van der Waals surface area contributed by atoms with Crippen molar-refractivity contribution < 1.29 is 38.0 Å². The van der Waals surface area contributed by atoms with Crippen molar-refractivity contribution in [3.05, 3.63) is 23.3 Å². The summed E-state index contributed by atoms with van der Waals surface area (Å²) in [5.74, 6) is -1.46. The van der Waals surface area contributed by atoms with Crippen LogP contribution in [0.3, 0.4) is 0 Å². The highest BCUT2D eigenvalue weighted by atomic mass is 16.7. The number of hydrogen-bond acceptors (Lipinski definition) is 8. The van der Waals surface area contributed by atoms with Gasteiger partial charge in [0.1, 0.15) is 17.4 Å². The van der Waals surface area contributed by atoms with Crippen molar-refractivity contribution in [3.8, 4) is 5.75 Å². The molecule has 0 aromatic heterocycles. The second-order valence-corrected chi connectivity index (χ2v) is 11.4. The first kappa shape index (κ1) is 26.2. The number of carbonyl (C=O) groups excluding carboxylic acids is 4. The molecule has 4 rings (SSSR count). The van der Waals surface area contributed by atoms with E-state index in [2.05, 4.69) is 5.32 Å². The predicted molar refractivity (Wildman–Crippen MR) is 130 cm³/mol. The molecule has 1 unspecified atom stereocenters. The number of amides is 3. The zero-order valence-electron chi connectivity index (χ0n) is 21.9. The van der Waals surface area contributed by atoms with Crippen molar-refractivity contribution in [2.75, 3.05) is 6.61 Å². The molecule has 1 atom stereocenters. The van der Waals surface area contributed by atoms with Gasteiger partial charge in [0, 0.05) is 17.5 Å². The Bertz CT molecular complexity index is 1110. The summed E-state index contributed by atoms with van der Waals surface area (Å²) in [6, 6.07) is 2.61. The van der Waals surface area contributed by atoms with E-state index in [9.17, 15) is 19.2 Å². The molecule has 1 aromatic carbocycles. The number of rotatable bonds is 5. The molecule has 0 radical (unpaired) electrons. The van der Waals surface area contributed by atoms with E-state index >= 15 is 0 Å². The monoisotopic (exact) mass is 500 g/mol. The summed E-state index contributed by atoms with van der Waals surface area (Å²) in [5, 5.41) is 2.30. The van der Waals surface area contributed by atoms with E-state index < -0.39 is 41.8 Å². The number of carbonyl (C=O) groups is 4. The minimum absolute atomic E-state index is 0.105. The van der Waals surface area contributed by atoms with Gasteiger partial charge in [-0.15, -0.1) is 0 Å². The molecular formula is C25H33BN2O8.